The van der Waals surface area contributed by atoms with Crippen LogP contribution in [0, 0.1) is 34.5 Å². The maximum absolute atomic E-state index is 14.6. The second-order valence-electron chi connectivity index (χ2n) is 15.3. The molecule has 268 valence electrons. The number of fused-ring (bicyclic) bond motifs is 1. The molecule has 5 N–H and O–H groups in total. The number of carbonyl (C=O) groups excluding carboxylic acids is 2. The molecular weight excluding hydrogens is 746 g/mol. The van der Waals surface area contributed by atoms with Crippen molar-refractivity contribution in [2.75, 3.05) is 10.5 Å². The van der Waals surface area contributed by atoms with Gasteiger partial charge in [0.05, 0.1) is 17.2 Å². The molecule has 11 nitrogen and oxygen atoms in total. The third-order valence-electron chi connectivity index (χ3n) is 9.50. The van der Waals surface area contributed by atoms with Gasteiger partial charge in [-0.05, 0) is 87.2 Å². The molecule has 2 atom stereocenters. The second kappa shape index (κ2) is 13.7. The van der Waals surface area contributed by atoms with Crippen LogP contribution in [0.2, 0.25) is 5.02 Å². The van der Waals surface area contributed by atoms with Crippen LogP contribution in [-0.2, 0) is 15.0 Å². The average molecular weight is 789 g/mol. The SMILES string of the molecule is CC1CC(C(C)(C)C)C(C(=O)Oc2c(-c3ccc(Cl)cc3)c(Br)n3c(=O)c(C(=O)NS(=O)(=O)Nc4ccccc4)c(N)[nH]c23)C(C(C)(C)C)C1. The predicted octanol–water partition coefficient (Wildman–Crippen LogP) is 7.66. The molecule has 0 saturated heterocycles. The molecule has 1 saturated carbocycles. The number of nitrogens with one attached hydrogen (secondary N) is 3. The van der Waals surface area contributed by atoms with E-state index in [9.17, 15) is 22.8 Å². The minimum Gasteiger partial charge on any atom is -0.422 e. The van der Waals surface area contributed by atoms with E-state index in [1.54, 1.807) is 42.5 Å². The number of nitrogens with two attached hydrogens (primary N) is 1. The van der Waals surface area contributed by atoms with Crippen molar-refractivity contribution in [3.8, 4) is 16.9 Å². The standard InChI is InChI=1S/C36H43BrClN5O6S/c1-19-17-23(35(2,3)4)26(24(18-19)36(5,6)7)34(46)49-28-25(20-13-15-21(38)16-14-20)29(37)43-31(28)40-30(39)27(33(43)45)32(44)42-50(47,48)41-22-11-9-8-10-12-22/h8-16,19,23-24,26,40-41H,17-18,39H2,1-7H3,(H,42,44). The maximum Gasteiger partial charge on any atom is 0.323 e. The number of anilines is 2. The molecule has 1 aliphatic rings. The van der Waals surface area contributed by atoms with Crippen LogP contribution in [0.1, 0.15) is 71.7 Å². The molecule has 0 radical (unpaired) electrons. The number of nitrogen functional groups attached to an aromatic ring is 1. The highest BCUT2D eigenvalue weighted by molar-refractivity contribution is 9.10. The van der Waals surface area contributed by atoms with Crippen LogP contribution in [0.15, 0.2) is 64.0 Å². The summed E-state index contributed by atoms with van der Waals surface area (Å²) in [5.74, 6) is -2.15. The molecule has 0 aliphatic heterocycles. The Labute approximate surface area is 305 Å². The van der Waals surface area contributed by atoms with Gasteiger partial charge >= 0.3 is 16.2 Å². The number of aromatic amines is 1. The molecule has 0 spiro atoms. The number of esters is 1. The highest BCUT2D eigenvalue weighted by Gasteiger charge is 2.50. The fourth-order valence-electron chi connectivity index (χ4n) is 7.11. The molecule has 2 aromatic heterocycles. The van der Waals surface area contributed by atoms with E-state index in [4.69, 9.17) is 22.1 Å². The van der Waals surface area contributed by atoms with E-state index in [-0.39, 0.29) is 44.4 Å². The van der Waals surface area contributed by atoms with Gasteiger partial charge in [-0.2, -0.15) is 8.42 Å². The van der Waals surface area contributed by atoms with E-state index >= 15 is 0 Å². The van der Waals surface area contributed by atoms with Gasteiger partial charge in [0.25, 0.3) is 11.5 Å². The highest BCUT2D eigenvalue weighted by atomic mass is 79.9. The van der Waals surface area contributed by atoms with Gasteiger partial charge < -0.3 is 15.5 Å². The first-order valence-corrected chi connectivity index (χ1v) is 19.0. The van der Waals surface area contributed by atoms with E-state index in [1.807, 2.05) is 4.72 Å². The lowest BCUT2D eigenvalue weighted by Crippen LogP contribution is -2.48. The molecule has 4 aromatic rings. The highest BCUT2D eigenvalue weighted by Crippen LogP contribution is 2.53. The number of amides is 1. The third-order valence-corrected chi connectivity index (χ3v) is 11.5. The molecule has 0 bridgehead atoms. The number of benzene rings is 2. The largest absolute Gasteiger partial charge is 0.422 e. The summed E-state index contributed by atoms with van der Waals surface area (Å²) in [7, 11) is -4.46. The summed E-state index contributed by atoms with van der Waals surface area (Å²) in [4.78, 5) is 44.9. The normalized spacial score (nSPS) is 20.0. The number of hydrogen-bond donors (Lipinski definition) is 4. The van der Waals surface area contributed by atoms with Crippen molar-refractivity contribution in [1.82, 2.24) is 14.1 Å². The van der Waals surface area contributed by atoms with Crippen molar-refractivity contribution < 1.29 is 22.7 Å². The fraction of sp³-hybridized carbons (Fsp3) is 0.417. The minimum atomic E-state index is -4.46. The van der Waals surface area contributed by atoms with Gasteiger partial charge in [0, 0.05) is 5.02 Å². The number of hydrogen-bond acceptors (Lipinski definition) is 7. The molecule has 2 aromatic carbocycles. The lowest BCUT2D eigenvalue weighted by molar-refractivity contribution is -0.152. The number of rotatable bonds is 7. The molecule has 50 heavy (non-hydrogen) atoms. The number of H-pyrrole nitrogens is 1. The Morgan fingerprint density at radius 1 is 0.980 bits per heavy atom. The van der Waals surface area contributed by atoms with Crippen LogP contribution in [0.4, 0.5) is 11.5 Å². The smallest absolute Gasteiger partial charge is 0.323 e. The number of aromatic nitrogens is 2. The molecule has 1 fully saturated rings. The maximum atomic E-state index is 14.6. The van der Waals surface area contributed by atoms with Crippen molar-refractivity contribution >= 4 is 66.8 Å². The molecular formula is C36H43BrClN5O6S. The summed E-state index contributed by atoms with van der Waals surface area (Å²) in [5, 5.41) is 0.467. The second-order valence-corrected chi connectivity index (χ2v) is 17.9. The Bertz CT molecular complexity index is 2080. The topological polar surface area (TPSA) is 165 Å². The van der Waals surface area contributed by atoms with Gasteiger partial charge in [-0.25, -0.2) is 4.72 Å². The zero-order chi connectivity index (χ0) is 36.9. The molecule has 2 unspecified atom stereocenters. The summed E-state index contributed by atoms with van der Waals surface area (Å²) < 4.78 is 37.4. The molecule has 1 amide bonds. The number of para-hydroxylation sites is 1. The summed E-state index contributed by atoms with van der Waals surface area (Å²) >= 11 is 9.72. The minimum absolute atomic E-state index is 0.00304. The molecule has 14 heteroatoms. The first kappa shape index (κ1) is 37.4. The first-order valence-electron chi connectivity index (χ1n) is 16.3. The number of halogens is 2. The average Bonchev–Trinajstić information content (AvgIpc) is 3.26. The predicted molar refractivity (Wildman–Crippen MR) is 200 cm³/mol. The lowest BCUT2D eigenvalue weighted by atomic mass is 9.55. The molecule has 1 aliphatic carbocycles. The molecule has 5 rings (SSSR count). The van der Waals surface area contributed by atoms with Crippen LogP contribution in [-0.4, -0.2) is 29.7 Å². The summed E-state index contributed by atoms with van der Waals surface area (Å²) in [6.07, 6.45) is 1.70. The number of carbonyl (C=O) groups is 2. The van der Waals surface area contributed by atoms with Crippen molar-refractivity contribution in [3.05, 3.63) is 80.1 Å². The van der Waals surface area contributed by atoms with Gasteiger partial charge in [0.15, 0.2) is 11.4 Å². The van der Waals surface area contributed by atoms with Crippen LogP contribution in [0.25, 0.3) is 16.8 Å². The summed E-state index contributed by atoms with van der Waals surface area (Å²) in [6.45, 7) is 15.1. The Kier molecular flexibility index (Phi) is 10.3. The molecule has 2 heterocycles. The van der Waals surface area contributed by atoms with Crippen molar-refractivity contribution in [2.24, 2.45) is 34.5 Å². The van der Waals surface area contributed by atoms with E-state index < -0.39 is 44.9 Å². The fourth-order valence-corrected chi connectivity index (χ4v) is 8.82. The van der Waals surface area contributed by atoms with E-state index in [1.165, 1.54) is 12.1 Å². The summed E-state index contributed by atoms with van der Waals surface area (Å²) in [5.41, 5.74) is 5.35. The number of ether oxygens (including phenoxy) is 1. The third kappa shape index (κ3) is 7.59. The van der Waals surface area contributed by atoms with E-state index in [2.05, 4.69) is 74.1 Å². The first-order chi connectivity index (χ1) is 23.2. The van der Waals surface area contributed by atoms with Crippen LogP contribution < -0.4 is 25.5 Å². The van der Waals surface area contributed by atoms with Crippen LogP contribution >= 0.6 is 27.5 Å². The van der Waals surface area contributed by atoms with Crippen molar-refractivity contribution in [2.45, 2.75) is 61.3 Å². The Hall–Kier alpha value is -3.81. The van der Waals surface area contributed by atoms with E-state index in [0.717, 1.165) is 17.2 Å². The van der Waals surface area contributed by atoms with Gasteiger partial charge in [-0.3, -0.25) is 23.5 Å². The zero-order valence-corrected chi connectivity index (χ0v) is 32.2. The van der Waals surface area contributed by atoms with Gasteiger partial charge in [0.2, 0.25) is 0 Å². The van der Waals surface area contributed by atoms with Crippen LogP contribution in [0.3, 0.4) is 0 Å². The van der Waals surface area contributed by atoms with E-state index in [0.29, 0.717) is 22.1 Å². The monoisotopic (exact) mass is 787 g/mol. The van der Waals surface area contributed by atoms with Gasteiger partial charge in [-0.15, -0.1) is 0 Å². The summed E-state index contributed by atoms with van der Waals surface area (Å²) in [6, 6.07) is 14.7. The Morgan fingerprint density at radius 3 is 2.08 bits per heavy atom. The van der Waals surface area contributed by atoms with Crippen molar-refractivity contribution in [1.29, 1.82) is 0 Å². The van der Waals surface area contributed by atoms with Crippen LogP contribution in [0.5, 0.6) is 5.75 Å². The number of nitrogens with zero attached hydrogens (tertiary/aromatic N) is 1. The lowest BCUT2D eigenvalue weighted by Gasteiger charge is -2.49. The Morgan fingerprint density at radius 2 is 1.54 bits per heavy atom. The van der Waals surface area contributed by atoms with Gasteiger partial charge in [-0.1, -0.05) is 90.4 Å². The zero-order valence-electron chi connectivity index (χ0n) is 29.1. The quantitative estimate of drug-likeness (QED) is 0.140. The van der Waals surface area contributed by atoms with Crippen molar-refractivity contribution in [3.63, 3.8) is 0 Å². The van der Waals surface area contributed by atoms with Gasteiger partial charge in [0.1, 0.15) is 16.0 Å². The Balaban J connectivity index is 1.65.